The van der Waals surface area contributed by atoms with Crippen LogP contribution in [-0.2, 0) is 11.2 Å². The Morgan fingerprint density at radius 1 is 1.40 bits per heavy atom. The Kier molecular flexibility index (Phi) is 5.88. The first kappa shape index (κ1) is 17.7. The Hall–Kier alpha value is -2.12. The summed E-state index contributed by atoms with van der Waals surface area (Å²) in [7, 11) is 0. The summed E-state index contributed by atoms with van der Waals surface area (Å²) in [6.45, 7) is 2.91. The third-order valence-corrected chi connectivity index (χ3v) is 5.14. The van der Waals surface area contributed by atoms with Crippen LogP contribution in [0.5, 0.6) is 0 Å². The average molecular weight is 358 g/mol. The van der Waals surface area contributed by atoms with Crippen LogP contribution < -0.4 is 16.2 Å². The van der Waals surface area contributed by atoms with Crippen LogP contribution in [-0.4, -0.2) is 40.0 Å². The van der Waals surface area contributed by atoms with Crippen LogP contribution in [0.25, 0.3) is 11.4 Å². The zero-order chi connectivity index (χ0) is 17.6. The quantitative estimate of drug-likeness (QED) is 0.761. The van der Waals surface area contributed by atoms with E-state index in [0.29, 0.717) is 24.4 Å². The van der Waals surface area contributed by atoms with Crippen molar-refractivity contribution in [2.24, 2.45) is 0 Å². The fourth-order valence-electron chi connectivity index (χ4n) is 2.76. The van der Waals surface area contributed by atoms with Gasteiger partial charge in [0.1, 0.15) is 5.82 Å². The number of rotatable bonds is 5. The summed E-state index contributed by atoms with van der Waals surface area (Å²) >= 11 is 1.87. The van der Waals surface area contributed by atoms with Crippen molar-refractivity contribution in [3.05, 3.63) is 46.4 Å². The molecular weight excluding hydrogens is 336 g/mol. The highest BCUT2D eigenvalue weighted by Gasteiger charge is 2.16. The van der Waals surface area contributed by atoms with Gasteiger partial charge >= 0.3 is 0 Å². The van der Waals surface area contributed by atoms with Gasteiger partial charge in [0, 0.05) is 53.5 Å². The number of hydrogen-bond acceptors (Lipinski definition) is 5. The van der Waals surface area contributed by atoms with Gasteiger partial charge in [0.15, 0.2) is 0 Å². The van der Waals surface area contributed by atoms with Gasteiger partial charge in [-0.05, 0) is 18.6 Å². The second-order valence-corrected chi connectivity index (χ2v) is 7.15. The third-order valence-electron chi connectivity index (χ3n) is 4.01. The predicted molar refractivity (Wildman–Crippen MR) is 102 cm³/mol. The molecule has 3 N–H and O–H groups in total. The molecule has 1 aromatic carbocycles. The molecule has 0 saturated carbocycles. The Morgan fingerprint density at radius 3 is 3.04 bits per heavy atom. The fraction of sp³-hybridized carbons (Fsp3) is 0.389. The number of carbonyl (C=O) groups excluding carboxylic acids is 1. The molecule has 0 bridgehead atoms. The molecule has 3 rings (SSSR count). The van der Waals surface area contributed by atoms with Crippen LogP contribution in [0.1, 0.15) is 19.0 Å². The van der Waals surface area contributed by atoms with Gasteiger partial charge in [-0.15, -0.1) is 0 Å². The van der Waals surface area contributed by atoms with Crippen LogP contribution in [0.4, 0.5) is 5.69 Å². The molecule has 0 aliphatic carbocycles. The van der Waals surface area contributed by atoms with Crippen molar-refractivity contribution in [2.45, 2.75) is 25.8 Å². The first-order chi connectivity index (χ1) is 12.1. The van der Waals surface area contributed by atoms with E-state index < -0.39 is 0 Å². The second kappa shape index (κ2) is 8.31. The molecule has 1 aliphatic heterocycles. The lowest BCUT2D eigenvalue weighted by Crippen LogP contribution is -2.39. The highest BCUT2D eigenvalue weighted by atomic mass is 32.2. The highest BCUT2D eigenvalue weighted by molar-refractivity contribution is 7.99. The normalized spacial score (nSPS) is 17.2. The minimum atomic E-state index is -0.169. The molecule has 1 saturated heterocycles. The maximum absolute atomic E-state index is 12.2. The minimum Gasteiger partial charge on any atom is -0.326 e. The van der Waals surface area contributed by atoms with Crippen LogP contribution in [0.3, 0.4) is 0 Å². The second-order valence-electron chi connectivity index (χ2n) is 6.00. The van der Waals surface area contributed by atoms with Crippen LogP contribution in [0, 0.1) is 0 Å². The lowest BCUT2D eigenvalue weighted by atomic mass is 10.1. The monoisotopic (exact) mass is 358 g/mol. The molecule has 1 fully saturated rings. The van der Waals surface area contributed by atoms with E-state index in [2.05, 4.69) is 20.6 Å². The topological polar surface area (TPSA) is 86.9 Å². The van der Waals surface area contributed by atoms with Crippen molar-refractivity contribution in [1.29, 1.82) is 0 Å². The van der Waals surface area contributed by atoms with E-state index >= 15 is 0 Å². The molecule has 2 heterocycles. The van der Waals surface area contributed by atoms with Crippen LogP contribution in [0.2, 0.25) is 0 Å². The summed E-state index contributed by atoms with van der Waals surface area (Å²) in [5.41, 5.74) is 2.05. The maximum atomic E-state index is 12.2. The van der Waals surface area contributed by atoms with Gasteiger partial charge < -0.3 is 15.6 Å². The number of hydrogen-bond donors (Lipinski definition) is 3. The number of amides is 1. The minimum absolute atomic E-state index is 0.0130. The number of anilines is 1. The standard InChI is InChI=1S/C18H22N4O2S/c1-2-13-9-17(24)22-18(21-13)12-4-3-5-14(8-12)20-16(23)10-15-11-25-7-6-19-15/h3-5,8-9,15,19H,2,6-7,10-11H2,1H3,(H,20,23)(H,21,22,24). The molecule has 7 heteroatoms. The van der Waals surface area contributed by atoms with Crippen molar-refractivity contribution in [2.75, 3.05) is 23.4 Å². The van der Waals surface area contributed by atoms with Crippen molar-refractivity contribution in [3.8, 4) is 11.4 Å². The van der Waals surface area contributed by atoms with Crippen molar-refractivity contribution in [1.82, 2.24) is 15.3 Å². The van der Waals surface area contributed by atoms with Gasteiger partial charge in [-0.1, -0.05) is 19.1 Å². The van der Waals surface area contributed by atoms with Gasteiger partial charge in [-0.2, -0.15) is 11.8 Å². The lowest BCUT2D eigenvalue weighted by molar-refractivity contribution is -0.116. The van der Waals surface area contributed by atoms with Crippen LogP contribution >= 0.6 is 11.8 Å². The number of nitrogens with zero attached hydrogens (tertiary/aromatic N) is 1. The molecule has 1 unspecified atom stereocenters. The first-order valence-corrected chi connectivity index (χ1v) is 9.61. The number of carbonyl (C=O) groups is 1. The smallest absolute Gasteiger partial charge is 0.251 e. The molecule has 0 radical (unpaired) electrons. The Balaban J connectivity index is 1.72. The van der Waals surface area contributed by atoms with Crippen molar-refractivity contribution < 1.29 is 4.79 Å². The number of H-pyrrole nitrogens is 1. The zero-order valence-electron chi connectivity index (χ0n) is 14.2. The largest absolute Gasteiger partial charge is 0.326 e. The summed E-state index contributed by atoms with van der Waals surface area (Å²) in [4.78, 5) is 31.2. The molecule has 1 aliphatic rings. The van der Waals surface area contributed by atoms with Gasteiger partial charge in [-0.25, -0.2) is 4.98 Å². The SMILES string of the molecule is CCc1cc(=O)[nH]c(-c2cccc(NC(=O)CC3CSCCN3)c2)n1. The Bertz CT molecular complexity index is 800. The Labute approximate surface area is 150 Å². The van der Waals surface area contributed by atoms with E-state index in [0.717, 1.165) is 29.3 Å². The zero-order valence-corrected chi connectivity index (χ0v) is 15.0. The first-order valence-electron chi connectivity index (χ1n) is 8.45. The van der Waals surface area contributed by atoms with E-state index in [1.165, 1.54) is 6.07 Å². The molecule has 1 atom stereocenters. The summed E-state index contributed by atoms with van der Waals surface area (Å²) in [6, 6.07) is 9.11. The van der Waals surface area contributed by atoms with Crippen molar-refractivity contribution >= 4 is 23.4 Å². The summed E-state index contributed by atoms with van der Waals surface area (Å²) in [6.07, 6.45) is 1.15. The molecular formula is C18H22N4O2S. The Morgan fingerprint density at radius 2 is 2.28 bits per heavy atom. The summed E-state index contributed by atoms with van der Waals surface area (Å²) < 4.78 is 0. The maximum Gasteiger partial charge on any atom is 0.251 e. The number of aromatic amines is 1. The average Bonchev–Trinajstić information content (AvgIpc) is 2.62. The number of aryl methyl sites for hydroxylation is 1. The van der Waals surface area contributed by atoms with Crippen molar-refractivity contribution in [3.63, 3.8) is 0 Å². The summed E-state index contributed by atoms with van der Waals surface area (Å²) in [5.74, 6) is 2.57. The van der Waals surface area contributed by atoms with E-state index in [9.17, 15) is 9.59 Å². The number of aromatic nitrogens is 2. The number of benzene rings is 1. The van der Waals surface area contributed by atoms with E-state index in [1.54, 1.807) is 0 Å². The lowest BCUT2D eigenvalue weighted by Gasteiger charge is -2.22. The third kappa shape index (κ3) is 4.93. The van der Waals surface area contributed by atoms with E-state index in [4.69, 9.17) is 0 Å². The van der Waals surface area contributed by atoms with Gasteiger partial charge in [0.05, 0.1) is 0 Å². The van der Waals surface area contributed by atoms with Gasteiger partial charge in [-0.3, -0.25) is 9.59 Å². The highest BCUT2D eigenvalue weighted by Crippen LogP contribution is 2.19. The predicted octanol–water partition coefficient (Wildman–Crippen LogP) is 2.03. The molecule has 1 amide bonds. The fourth-order valence-corrected chi connectivity index (χ4v) is 3.71. The molecule has 1 aromatic heterocycles. The molecule has 6 nitrogen and oxygen atoms in total. The van der Waals surface area contributed by atoms with Gasteiger partial charge in [0.25, 0.3) is 5.56 Å². The summed E-state index contributed by atoms with van der Waals surface area (Å²) in [5, 5.41) is 6.30. The number of thioether (sulfide) groups is 1. The molecule has 2 aromatic rings. The van der Waals surface area contributed by atoms with E-state index in [-0.39, 0.29) is 17.5 Å². The molecule has 132 valence electrons. The molecule has 25 heavy (non-hydrogen) atoms. The van der Waals surface area contributed by atoms with E-state index in [1.807, 2.05) is 43.0 Å². The number of nitrogens with one attached hydrogen (secondary N) is 3. The van der Waals surface area contributed by atoms with Crippen LogP contribution in [0.15, 0.2) is 35.1 Å². The van der Waals surface area contributed by atoms with Gasteiger partial charge in [0.2, 0.25) is 5.91 Å². The molecule has 0 spiro atoms.